The SMILES string of the molecule is CC(C)O[Si](OC(C)C)(C1C=CCC1)C1C=CCC1. The summed E-state index contributed by atoms with van der Waals surface area (Å²) >= 11 is 0. The van der Waals surface area contributed by atoms with E-state index in [1.54, 1.807) is 0 Å². The van der Waals surface area contributed by atoms with Gasteiger partial charge in [0.2, 0.25) is 0 Å². The van der Waals surface area contributed by atoms with E-state index in [-0.39, 0.29) is 12.2 Å². The lowest BCUT2D eigenvalue weighted by Gasteiger charge is -2.41. The molecular weight excluding hydrogens is 252 g/mol. The molecule has 2 atom stereocenters. The lowest BCUT2D eigenvalue weighted by Crippen LogP contribution is -2.52. The maximum Gasteiger partial charge on any atom is 0.352 e. The molecule has 2 unspecified atom stereocenters. The Morgan fingerprint density at radius 2 is 1.26 bits per heavy atom. The Morgan fingerprint density at radius 3 is 1.53 bits per heavy atom. The molecule has 0 amide bonds. The van der Waals surface area contributed by atoms with Crippen molar-refractivity contribution in [2.45, 2.75) is 76.7 Å². The minimum absolute atomic E-state index is 0.244. The van der Waals surface area contributed by atoms with E-state index in [1.165, 1.54) is 25.7 Å². The van der Waals surface area contributed by atoms with E-state index in [4.69, 9.17) is 8.85 Å². The molecule has 0 aromatic carbocycles. The molecule has 2 rings (SSSR count). The Labute approximate surface area is 119 Å². The van der Waals surface area contributed by atoms with Crippen molar-refractivity contribution in [3.05, 3.63) is 24.3 Å². The maximum atomic E-state index is 6.53. The molecule has 2 aliphatic carbocycles. The van der Waals surface area contributed by atoms with Crippen molar-refractivity contribution >= 4 is 8.56 Å². The average molecular weight is 280 g/mol. The van der Waals surface area contributed by atoms with Crippen molar-refractivity contribution in [3.8, 4) is 0 Å². The second-order valence-corrected chi connectivity index (χ2v) is 9.68. The molecule has 3 heteroatoms. The lowest BCUT2D eigenvalue weighted by atomic mass is 10.3. The van der Waals surface area contributed by atoms with Crippen LogP contribution in [0, 0.1) is 0 Å². The predicted octanol–water partition coefficient (Wildman–Crippen LogP) is 4.72. The van der Waals surface area contributed by atoms with Crippen molar-refractivity contribution in [2.75, 3.05) is 0 Å². The van der Waals surface area contributed by atoms with E-state index in [2.05, 4.69) is 52.0 Å². The minimum Gasteiger partial charge on any atom is -0.391 e. The monoisotopic (exact) mass is 280 g/mol. The molecule has 0 aromatic heterocycles. The fourth-order valence-corrected chi connectivity index (χ4v) is 8.05. The Balaban J connectivity index is 2.30. The molecule has 0 saturated carbocycles. The van der Waals surface area contributed by atoms with Crippen LogP contribution in [0.1, 0.15) is 53.4 Å². The third kappa shape index (κ3) is 3.39. The van der Waals surface area contributed by atoms with Gasteiger partial charge in [0.15, 0.2) is 0 Å². The molecule has 108 valence electrons. The second-order valence-electron chi connectivity index (χ2n) is 6.28. The molecular formula is C16H28O2Si. The van der Waals surface area contributed by atoms with Crippen LogP contribution in [0.25, 0.3) is 0 Å². The standard InChI is InChI=1S/C16H28O2Si/c1-13(2)17-19(18-14(3)4,15-9-5-6-10-15)16-11-7-8-12-16/h5,7,9,11,13-16H,6,8,10,12H2,1-4H3. The maximum absolute atomic E-state index is 6.53. The molecule has 19 heavy (non-hydrogen) atoms. The molecule has 0 N–H and O–H groups in total. The Morgan fingerprint density at radius 1 is 0.842 bits per heavy atom. The zero-order valence-corrected chi connectivity index (χ0v) is 13.8. The van der Waals surface area contributed by atoms with E-state index in [9.17, 15) is 0 Å². The topological polar surface area (TPSA) is 18.5 Å². The molecule has 0 bridgehead atoms. The molecule has 0 spiro atoms. The van der Waals surface area contributed by atoms with Gasteiger partial charge in [-0.05, 0) is 53.4 Å². The number of rotatable bonds is 6. The van der Waals surface area contributed by atoms with Crippen LogP contribution in [-0.4, -0.2) is 20.8 Å². The van der Waals surface area contributed by atoms with Crippen LogP contribution in [-0.2, 0) is 8.85 Å². The quantitative estimate of drug-likeness (QED) is 0.518. The van der Waals surface area contributed by atoms with Gasteiger partial charge in [-0.25, -0.2) is 0 Å². The largest absolute Gasteiger partial charge is 0.391 e. The first kappa shape index (κ1) is 15.0. The van der Waals surface area contributed by atoms with Crippen LogP contribution in [0.3, 0.4) is 0 Å². The van der Waals surface area contributed by atoms with Gasteiger partial charge in [-0.15, -0.1) is 0 Å². The summed E-state index contributed by atoms with van der Waals surface area (Å²) in [5.41, 5.74) is 1.04. The van der Waals surface area contributed by atoms with E-state index in [1.807, 2.05) is 0 Å². The summed E-state index contributed by atoms with van der Waals surface area (Å²) < 4.78 is 13.1. The Bertz CT molecular complexity index is 313. The molecule has 0 aromatic rings. The zero-order valence-electron chi connectivity index (χ0n) is 12.8. The van der Waals surface area contributed by atoms with Crippen molar-refractivity contribution < 1.29 is 8.85 Å². The van der Waals surface area contributed by atoms with Gasteiger partial charge in [-0.2, -0.15) is 0 Å². The van der Waals surface area contributed by atoms with Gasteiger partial charge in [-0.3, -0.25) is 0 Å². The van der Waals surface area contributed by atoms with Crippen molar-refractivity contribution in [3.63, 3.8) is 0 Å². The van der Waals surface area contributed by atoms with Gasteiger partial charge in [0, 0.05) is 23.3 Å². The van der Waals surface area contributed by atoms with Crippen molar-refractivity contribution in [1.82, 2.24) is 0 Å². The van der Waals surface area contributed by atoms with Crippen LogP contribution < -0.4 is 0 Å². The third-order valence-electron chi connectivity index (χ3n) is 3.90. The van der Waals surface area contributed by atoms with Gasteiger partial charge in [0.1, 0.15) is 0 Å². The molecule has 2 aliphatic rings. The van der Waals surface area contributed by atoms with Crippen LogP contribution in [0.15, 0.2) is 24.3 Å². The fourth-order valence-electron chi connectivity index (χ4n) is 3.32. The van der Waals surface area contributed by atoms with Gasteiger partial charge < -0.3 is 8.85 Å². The normalized spacial score (nSPS) is 27.1. The van der Waals surface area contributed by atoms with Crippen LogP contribution in [0.2, 0.25) is 11.1 Å². The van der Waals surface area contributed by atoms with Gasteiger partial charge in [-0.1, -0.05) is 24.3 Å². The molecule has 2 nitrogen and oxygen atoms in total. The van der Waals surface area contributed by atoms with E-state index in [0.29, 0.717) is 11.1 Å². The molecule has 0 fully saturated rings. The summed E-state index contributed by atoms with van der Waals surface area (Å²) in [6.07, 6.45) is 14.6. The highest BCUT2D eigenvalue weighted by atomic mass is 28.4. The van der Waals surface area contributed by atoms with Gasteiger partial charge in [0.25, 0.3) is 0 Å². The van der Waals surface area contributed by atoms with E-state index >= 15 is 0 Å². The summed E-state index contributed by atoms with van der Waals surface area (Å²) in [4.78, 5) is 0. The summed E-state index contributed by atoms with van der Waals surface area (Å²) in [5, 5.41) is 0. The highest BCUT2D eigenvalue weighted by Gasteiger charge is 2.52. The van der Waals surface area contributed by atoms with Gasteiger partial charge >= 0.3 is 8.56 Å². The summed E-state index contributed by atoms with van der Waals surface area (Å²) in [5.74, 6) is 0. The molecule has 0 radical (unpaired) electrons. The number of hydrogen-bond acceptors (Lipinski definition) is 2. The first-order valence-electron chi connectivity index (χ1n) is 7.73. The lowest BCUT2D eigenvalue weighted by molar-refractivity contribution is 0.0944. The zero-order chi connectivity index (χ0) is 13.9. The highest BCUT2D eigenvalue weighted by Crippen LogP contribution is 2.47. The summed E-state index contributed by atoms with van der Waals surface area (Å²) in [6.45, 7) is 8.57. The third-order valence-corrected chi connectivity index (χ3v) is 8.61. The Kier molecular flexibility index (Phi) is 5.04. The summed E-state index contributed by atoms with van der Waals surface area (Å²) in [6, 6.07) is 0. The van der Waals surface area contributed by atoms with Gasteiger partial charge in [0.05, 0.1) is 0 Å². The number of allylic oxidation sites excluding steroid dienone is 4. The van der Waals surface area contributed by atoms with Crippen molar-refractivity contribution in [1.29, 1.82) is 0 Å². The first-order valence-corrected chi connectivity index (χ1v) is 9.70. The number of hydrogen-bond donors (Lipinski definition) is 0. The smallest absolute Gasteiger partial charge is 0.352 e. The van der Waals surface area contributed by atoms with Crippen LogP contribution in [0.4, 0.5) is 0 Å². The van der Waals surface area contributed by atoms with Crippen LogP contribution in [0.5, 0.6) is 0 Å². The fraction of sp³-hybridized carbons (Fsp3) is 0.750. The average Bonchev–Trinajstić information content (AvgIpc) is 3.01. The second kappa shape index (κ2) is 6.38. The molecule has 0 saturated heterocycles. The molecule has 0 heterocycles. The van der Waals surface area contributed by atoms with Crippen LogP contribution >= 0.6 is 0 Å². The van der Waals surface area contributed by atoms with Crippen molar-refractivity contribution in [2.24, 2.45) is 0 Å². The summed E-state index contributed by atoms with van der Waals surface area (Å²) in [7, 11) is -2.23. The van der Waals surface area contributed by atoms with E-state index in [0.717, 1.165) is 0 Å². The minimum atomic E-state index is -2.23. The molecule has 0 aliphatic heterocycles. The highest BCUT2D eigenvalue weighted by molar-refractivity contribution is 6.71. The predicted molar refractivity (Wildman–Crippen MR) is 82.4 cm³/mol. The van der Waals surface area contributed by atoms with E-state index < -0.39 is 8.56 Å². The Hall–Kier alpha value is -0.383. The first-order chi connectivity index (χ1) is 9.04.